The summed E-state index contributed by atoms with van der Waals surface area (Å²) in [6, 6.07) is 9.63. The van der Waals surface area contributed by atoms with Gasteiger partial charge in [0.05, 0.1) is 0 Å². The molecule has 1 aliphatic heterocycles. The molecule has 24 heavy (non-hydrogen) atoms. The summed E-state index contributed by atoms with van der Waals surface area (Å²) in [4.78, 5) is 2.31. The topological polar surface area (TPSA) is 63.4 Å². The number of hydrogen-bond donors (Lipinski definition) is 1. The Morgan fingerprint density at radius 3 is 2.71 bits per heavy atom. The Balaban J connectivity index is 1.42. The molecule has 0 aliphatic carbocycles. The quantitative estimate of drug-likeness (QED) is 0.840. The standard InChI is InChI=1S/C18H26N4O2/c1-2-22-14-19-20-18(22)15-8-10-21(11-9-15)12-16(23)13-24-17-6-4-3-5-7-17/h3-7,14-16,23H,2,8-13H2,1H3. The summed E-state index contributed by atoms with van der Waals surface area (Å²) in [6.45, 7) is 5.96. The molecule has 130 valence electrons. The smallest absolute Gasteiger partial charge is 0.135 e. The Morgan fingerprint density at radius 2 is 2.00 bits per heavy atom. The van der Waals surface area contributed by atoms with E-state index in [1.165, 1.54) is 0 Å². The monoisotopic (exact) mass is 330 g/mol. The van der Waals surface area contributed by atoms with E-state index < -0.39 is 6.10 Å². The van der Waals surface area contributed by atoms with Crippen LogP contribution >= 0.6 is 0 Å². The summed E-state index contributed by atoms with van der Waals surface area (Å²) < 4.78 is 7.75. The van der Waals surface area contributed by atoms with Crippen LogP contribution in [0.15, 0.2) is 36.7 Å². The van der Waals surface area contributed by atoms with Crippen molar-refractivity contribution < 1.29 is 9.84 Å². The van der Waals surface area contributed by atoms with E-state index in [4.69, 9.17) is 4.74 Å². The van der Waals surface area contributed by atoms with Gasteiger partial charge in [-0.25, -0.2) is 0 Å². The first-order valence-electron chi connectivity index (χ1n) is 8.72. The van der Waals surface area contributed by atoms with E-state index in [1.54, 1.807) is 0 Å². The Morgan fingerprint density at radius 1 is 1.25 bits per heavy atom. The maximum absolute atomic E-state index is 10.2. The maximum atomic E-state index is 10.2. The van der Waals surface area contributed by atoms with Gasteiger partial charge in [0, 0.05) is 19.0 Å². The molecule has 2 aromatic rings. The SMILES string of the molecule is CCn1cnnc1C1CCN(CC(O)COc2ccccc2)CC1. The van der Waals surface area contributed by atoms with E-state index in [1.807, 2.05) is 36.7 Å². The highest BCUT2D eigenvalue weighted by molar-refractivity contribution is 5.20. The Kier molecular flexibility index (Phi) is 5.82. The number of nitrogens with zero attached hydrogens (tertiary/aromatic N) is 4. The predicted molar refractivity (Wildman–Crippen MR) is 92.1 cm³/mol. The molecule has 1 N–H and O–H groups in total. The summed E-state index contributed by atoms with van der Waals surface area (Å²) in [5.41, 5.74) is 0. The number of aryl methyl sites for hydroxylation is 1. The average Bonchev–Trinajstić information content (AvgIpc) is 3.10. The van der Waals surface area contributed by atoms with Gasteiger partial charge in [0.15, 0.2) is 0 Å². The fourth-order valence-electron chi connectivity index (χ4n) is 3.26. The second-order valence-electron chi connectivity index (χ2n) is 6.33. The van der Waals surface area contributed by atoms with Crippen LogP contribution in [0.1, 0.15) is 31.5 Å². The van der Waals surface area contributed by atoms with E-state index in [2.05, 4.69) is 26.6 Å². The summed E-state index contributed by atoms with van der Waals surface area (Å²) in [7, 11) is 0. The molecule has 0 spiro atoms. The lowest BCUT2D eigenvalue weighted by Gasteiger charge is -2.32. The molecule has 0 amide bonds. The Bertz CT molecular complexity index is 608. The minimum Gasteiger partial charge on any atom is -0.491 e. The second-order valence-corrected chi connectivity index (χ2v) is 6.33. The number of ether oxygens (including phenoxy) is 1. The molecule has 0 saturated carbocycles. The molecule has 1 aliphatic rings. The van der Waals surface area contributed by atoms with Crippen molar-refractivity contribution in [2.45, 2.75) is 38.3 Å². The number of aliphatic hydroxyl groups excluding tert-OH is 1. The number of rotatable bonds is 7. The van der Waals surface area contributed by atoms with Gasteiger partial charge >= 0.3 is 0 Å². The Labute approximate surface area is 143 Å². The van der Waals surface area contributed by atoms with Gasteiger partial charge in [0.2, 0.25) is 0 Å². The molecular formula is C18H26N4O2. The number of hydrogen-bond acceptors (Lipinski definition) is 5. The van der Waals surface area contributed by atoms with Crippen molar-refractivity contribution in [3.8, 4) is 5.75 Å². The normalized spacial score (nSPS) is 17.8. The van der Waals surface area contributed by atoms with Crippen LogP contribution in [0, 0.1) is 0 Å². The summed E-state index contributed by atoms with van der Waals surface area (Å²) in [6.07, 6.45) is 3.46. The second kappa shape index (κ2) is 8.26. The average molecular weight is 330 g/mol. The molecule has 1 saturated heterocycles. The van der Waals surface area contributed by atoms with Gasteiger partial charge in [-0.3, -0.25) is 0 Å². The highest BCUT2D eigenvalue weighted by Gasteiger charge is 2.25. The van der Waals surface area contributed by atoms with Crippen molar-refractivity contribution in [3.63, 3.8) is 0 Å². The van der Waals surface area contributed by atoms with Crippen molar-refractivity contribution in [2.75, 3.05) is 26.2 Å². The van der Waals surface area contributed by atoms with E-state index in [0.717, 1.165) is 44.0 Å². The first-order valence-corrected chi connectivity index (χ1v) is 8.72. The van der Waals surface area contributed by atoms with Gasteiger partial charge in [-0.15, -0.1) is 10.2 Å². The molecule has 3 rings (SSSR count). The Hall–Kier alpha value is -1.92. The zero-order valence-electron chi connectivity index (χ0n) is 14.2. The van der Waals surface area contributed by atoms with E-state index in [0.29, 0.717) is 19.1 Å². The van der Waals surface area contributed by atoms with Gasteiger partial charge < -0.3 is 19.3 Å². The maximum Gasteiger partial charge on any atom is 0.135 e. The van der Waals surface area contributed by atoms with Crippen LogP contribution in [0.25, 0.3) is 0 Å². The van der Waals surface area contributed by atoms with Gasteiger partial charge in [0.25, 0.3) is 0 Å². The minimum absolute atomic E-state index is 0.327. The largest absolute Gasteiger partial charge is 0.491 e. The van der Waals surface area contributed by atoms with Crippen molar-refractivity contribution in [1.29, 1.82) is 0 Å². The zero-order valence-corrected chi connectivity index (χ0v) is 14.2. The molecule has 6 heteroatoms. The van der Waals surface area contributed by atoms with Gasteiger partial charge in [0.1, 0.15) is 30.6 Å². The van der Waals surface area contributed by atoms with Crippen molar-refractivity contribution in [1.82, 2.24) is 19.7 Å². The van der Waals surface area contributed by atoms with Crippen molar-refractivity contribution in [3.05, 3.63) is 42.5 Å². The third-order valence-electron chi connectivity index (χ3n) is 4.59. The molecule has 0 bridgehead atoms. The number of likely N-dealkylation sites (tertiary alicyclic amines) is 1. The molecule has 2 heterocycles. The van der Waals surface area contributed by atoms with Gasteiger partial charge in [-0.2, -0.15) is 0 Å². The van der Waals surface area contributed by atoms with Crippen molar-refractivity contribution in [2.24, 2.45) is 0 Å². The molecular weight excluding hydrogens is 304 g/mol. The number of aromatic nitrogens is 3. The van der Waals surface area contributed by atoms with E-state index in [9.17, 15) is 5.11 Å². The molecule has 1 unspecified atom stereocenters. The number of β-amino-alcohol motifs (C(OH)–C–C–N with tert-alkyl or cyclic N) is 1. The van der Waals surface area contributed by atoms with Crippen LogP contribution in [-0.2, 0) is 6.54 Å². The van der Waals surface area contributed by atoms with Crippen molar-refractivity contribution >= 4 is 0 Å². The zero-order chi connectivity index (χ0) is 16.8. The number of aliphatic hydroxyl groups is 1. The van der Waals surface area contributed by atoms with Crippen LogP contribution < -0.4 is 4.74 Å². The first-order chi connectivity index (χ1) is 11.8. The van der Waals surface area contributed by atoms with Crippen LogP contribution in [0.5, 0.6) is 5.75 Å². The number of piperidine rings is 1. The fourth-order valence-corrected chi connectivity index (χ4v) is 3.26. The number of para-hydroxylation sites is 1. The van der Waals surface area contributed by atoms with Crippen LogP contribution in [0.3, 0.4) is 0 Å². The summed E-state index contributed by atoms with van der Waals surface area (Å²) in [5, 5.41) is 18.5. The summed E-state index contributed by atoms with van der Waals surface area (Å²) >= 11 is 0. The highest BCUT2D eigenvalue weighted by atomic mass is 16.5. The molecule has 1 atom stereocenters. The lowest BCUT2D eigenvalue weighted by Crippen LogP contribution is -2.40. The van der Waals surface area contributed by atoms with E-state index in [-0.39, 0.29) is 0 Å². The lowest BCUT2D eigenvalue weighted by atomic mass is 9.95. The van der Waals surface area contributed by atoms with Crippen LogP contribution in [0.4, 0.5) is 0 Å². The third-order valence-corrected chi connectivity index (χ3v) is 4.59. The third kappa shape index (κ3) is 4.33. The molecule has 0 radical (unpaired) electrons. The highest BCUT2D eigenvalue weighted by Crippen LogP contribution is 2.26. The lowest BCUT2D eigenvalue weighted by molar-refractivity contribution is 0.0589. The van der Waals surface area contributed by atoms with Gasteiger partial charge in [-0.05, 0) is 45.0 Å². The molecule has 1 aromatic heterocycles. The molecule has 1 aromatic carbocycles. The first kappa shape index (κ1) is 16.9. The van der Waals surface area contributed by atoms with Gasteiger partial charge in [-0.1, -0.05) is 18.2 Å². The fraction of sp³-hybridized carbons (Fsp3) is 0.556. The van der Waals surface area contributed by atoms with E-state index >= 15 is 0 Å². The van der Waals surface area contributed by atoms with Crippen LogP contribution in [-0.4, -0.2) is 57.1 Å². The summed E-state index contributed by atoms with van der Waals surface area (Å²) in [5.74, 6) is 2.38. The molecule has 1 fully saturated rings. The minimum atomic E-state index is -0.471. The predicted octanol–water partition coefficient (Wildman–Crippen LogP) is 1.92. The molecule has 6 nitrogen and oxygen atoms in total. The van der Waals surface area contributed by atoms with Crippen LogP contribution in [0.2, 0.25) is 0 Å². The number of benzene rings is 1.